The number of sulfonamides is 3. The molecule has 1 heterocycles. The van der Waals surface area contributed by atoms with Crippen molar-refractivity contribution in [3.63, 3.8) is 0 Å². The maximum Gasteiger partial charge on any atom is 0.303 e. The third kappa shape index (κ3) is 4.67. The van der Waals surface area contributed by atoms with E-state index in [0.29, 0.717) is 29.8 Å². The van der Waals surface area contributed by atoms with E-state index < -0.39 is 40.4 Å². The van der Waals surface area contributed by atoms with Crippen LogP contribution in [-0.2, 0) is 30.1 Å². The molecule has 13 heteroatoms. The van der Waals surface area contributed by atoms with Gasteiger partial charge in [0.25, 0.3) is 24.3 Å². The van der Waals surface area contributed by atoms with E-state index in [2.05, 4.69) is 0 Å². The van der Waals surface area contributed by atoms with Crippen LogP contribution in [0.25, 0.3) is 0 Å². The quantitative estimate of drug-likeness (QED) is 0.715. The maximum atomic E-state index is 12.9. The van der Waals surface area contributed by atoms with Crippen molar-refractivity contribution in [2.75, 3.05) is 19.3 Å². The molecule has 0 aromatic carbocycles. The monoisotopic (exact) mass is 368 g/mol. The summed E-state index contributed by atoms with van der Waals surface area (Å²) in [6.45, 7) is -0.207. The molecule has 21 heavy (non-hydrogen) atoms. The van der Waals surface area contributed by atoms with E-state index in [9.17, 15) is 34.0 Å². The van der Waals surface area contributed by atoms with Gasteiger partial charge in [-0.3, -0.25) is 0 Å². The lowest BCUT2D eigenvalue weighted by Gasteiger charge is -2.26. The molecule has 0 spiro atoms. The van der Waals surface area contributed by atoms with E-state index in [4.69, 9.17) is 0 Å². The summed E-state index contributed by atoms with van der Waals surface area (Å²) in [5.41, 5.74) is 0. The third-order valence-corrected chi connectivity index (χ3v) is 8.24. The summed E-state index contributed by atoms with van der Waals surface area (Å²) in [4.78, 5) is 0. The number of hydrogen-bond donors (Lipinski definition) is 1. The van der Waals surface area contributed by atoms with Crippen LogP contribution in [-0.4, -0.2) is 48.9 Å². The molecule has 0 bridgehead atoms. The molecular formula is C8H14F2N2O6S3. The first-order valence-corrected chi connectivity index (χ1v) is 10.5. The van der Waals surface area contributed by atoms with Gasteiger partial charge in [-0.2, -0.15) is 13.1 Å². The third-order valence-electron chi connectivity index (χ3n) is 2.55. The van der Waals surface area contributed by atoms with E-state index in [0.717, 1.165) is 4.13 Å². The minimum atomic E-state index is -5.42. The van der Waals surface area contributed by atoms with Crippen LogP contribution in [0.1, 0.15) is 19.3 Å². The smallest absolute Gasteiger partial charge is 0.212 e. The molecule has 8 nitrogen and oxygen atoms in total. The predicted octanol–water partition coefficient (Wildman–Crippen LogP) is -0.253. The molecule has 1 rings (SSSR count). The van der Waals surface area contributed by atoms with Gasteiger partial charge in [0, 0.05) is 13.1 Å². The van der Waals surface area contributed by atoms with Crippen LogP contribution in [0.5, 0.6) is 0 Å². The molecule has 1 aliphatic heterocycles. The van der Waals surface area contributed by atoms with E-state index in [1.165, 1.54) is 0 Å². The molecule has 0 aliphatic carbocycles. The lowest BCUT2D eigenvalue weighted by Crippen LogP contribution is -2.41. The molecule has 0 aromatic rings. The van der Waals surface area contributed by atoms with Crippen molar-refractivity contribution in [3.8, 4) is 0 Å². The fraction of sp³-hybridized carbons (Fsp3) is 0.750. The minimum Gasteiger partial charge on any atom is -0.212 e. The molecule has 1 fully saturated rings. The van der Waals surface area contributed by atoms with Crippen LogP contribution >= 0.6 is 0 Å². The van der Waals surface area contributed by atoms with Crippen molar-refractivity contribution in [3.05, 3.63) is 10.3 Å². The first-order chi connectivity index (χ1) is 9.38. The molecule has 1 aliphatic rings. The number of hydrogen-bond acceptors (Lipinski definition) is 6. The van der Waals surface area contributed by atoms with E-state index in [-0.39, 0.29) is 13.1 Å². The highest BCUT2D eigenvalue weighted by atomic mass is 32.3. The molecule has 1 N–H and O–H groups in total. The summed E-state index contributed by atoms with van der Waals surface area (Å²) in [6.07, 6.45) is -1.08. The molecular weight excluding hydrogens is 354 g/mol. The second-order valence-electron chi connectivity index (χ2n) is 4.37. The van der Waals surface area contributed by atoms with E-state index in [1.807, 2.05) is 0 Å². The van der Waals surface area contributed by atoms with Gasteiger partial charge in [-0.15, -0.1) is 4.13 Å². The van der Waals surface area contributed by atoms with Crippen LogP contribution in [0.2, 0.25) is 0 Å². The Labute approximate surface area is 122 Å². The SMILES string of the molecule is CS(=O)(=O)NS(=O)(=O)C(=C(F)F)S(=O)(=O)N1CCCCC1. The summed E-state index contributed by atoms with van der Waals surface area (Å²) < 4.78 is 94.2. The molecule has 124 valence electrons. The highest BCUT2D eigenvalue weighted by Gasteiger charge is 2.41. The largest absolute Gasteiger partial charge is 0.303 e. The van der Waals surface area contributed by atoms with E-state index in [1.54, 1.807) is 0 Å². The van der Waals surface area contributed by atoms with Gasteiger partial charge >= 0.3 is 6.08 Å². The molecule has 1 saturated heterocycles. The topological polar surface area (TPSA) is 118 Å². The first-order valence-electron chi connectivity index (χ1n) is 5.67. The Morgan fingerprint density at radius 1 is 0.952 bits per heavy atom. The van der Waals surface area contributed by atoms with Crippen LogP contribution < -0.4 is 4.13 Å². The zero-order valence-corrected chi connectivity index (χ0v) is 13.4. The van der Waals surface area contributed by atoms with Crippen molar-refractivity contribution >= 4 is 30.1 Å². The number of halogens is 2. The maximum absolute atomic E-state index is 12.9. The molecule has 0 aromatic heterocycles. The van der Waals surface area contributed by atoms with Crippen LogP contribution in [0, 0.1) is 0 Å². The second kappa shape index (κ2) is 6.24. The van der Waals surface area contributed by atoms with Gasteiger partial charge in [0.15, 0.2) is 0 Å². The van der Waals surface area contributed by atoms with Gasteiger partial charge in [0.05, 0.1) is 6.26 Å². The highest BCUT2D eigenvalue weighted by molar-refractivity contribution is 8.16. The first kappa shape index (κ1) is 18.4. The Balaban J connectivity index is 3.35. The molecule has 0 saturated carbocycles. The molecule has 0 radical (unpaired) electrons. The lowest BCUT2D eigenvalue weighted by molar-refractivity contribution is 0.348. The van der Waals surface area contributed by atoms with Crippen molar-refractivity contribution in [2.24, 2.45) is 0 Å². The van der Waals surface area contributed by atoms with Gasteiger partial charge in [-0.1, -0.05) is 6.42 Å². The van der Waals surface area contributed by atoms with Gasteiger partial charge in [-0.25, -0.2) is 25.3 Å². The molecule has 0 amide bonds. The summed E-state index contributed by atoms with van der Waals surface area (Å²) in [5, 5.41) is 0. The normalized spacial score (nSPS) is 18.4. The van der Waals surface area contributed by atoms with Crippen molar-refractivity contribution in [1.29, 1.82) is 0 Å². The zero-order valence-electron chi connectivity index (χ0n) is 10.9. The number of piperidine rings is 1. The Hall–Kier alpha value is -0.630. The number of rotatable bonds is 5. The Kier molecular flexibility index (Phi) is 5.47. The van der Waals surface area contributed by atoms with Crippen molar-refractivity contribution in [2.45, 2.75) is 19.3 Å². The van der Waals surface area contributed by atoms with Crippen molar-refractivity contribution in [1.82, 2.24) is 8.43 Å². The second-order valence-corrected chi connectivity index (χ2v) is 10.1. The van der Waals surface area contributed by atoms with Gasteiger partial charge < -0.3 is 0 Å². The summed E-state index contributed by atoms with van der Waals surface area (Å²) >= 11 is 0. The summed E-state index contributed by atoms with van der Waals surface area (Å²) in [6, 6.07) is 0. The van der Waals surface area contributed by atoms with Crippen LogP contribution in [0.4, 0.5) is 8.78 Å². The minimum absolute atomic E-state index is 0.104. The standard InChI is InChI=1S/C8H14F2N2O6S3/c1-19(13,14)11-20(15,16)8(7(9)10)21(17,18)12-5-3-2-4-6-12/h11H,2-6H2,1H3. The molecule has 0 unspecified atom stereocenters. The van der Waals surface area contributed by atoms with Crippen LogP contribution in [0.15, 0.2) is 10.3 Å². The Morgan fingerprint density at radius 2 is 1.43 bits per heavy atom. The number of nitrogens with one attached hydrogen (secondary N) is 1. The highest BCUT2D eigenvalue weighted by Crippen LogP contribution is 2.26. The number of nitrogens with zero attached hydrogens (tertiary/aromatic N) is 1. The van der Waals surface area contributed by atoms with Gasteiger partial charge in [0.2, 0.25) is 10.0 Å². The summed E-state index contributed by atoms with van der Waals surface area (Å²) in [7, 11) is -14.9. The van der Waals surface area contributed by atoms with Gasteiger partial charge in [-0.05, 0) is 12.8 Å². The Morgan fingerprint density at radius 3 is 1.81 bits per heavy atom. The van der Waals surface area contributed by atoms with Crippen LogP contribution in [0.3, 0.4) is 0 Å². The lowest BCUT2D eigenvalue weighted by atomic mass is 10.2. The molecule has 0 atom stereocenters. The van der Waals surface area contributed by atoms with Crippen molar-refractivity contribution < 1.29 is 34.0 Å². The predicted molar refractivity (Wildman–Crippen MR) is 70.5 cm³/mol. The fourth-order valence-electron chi connectivity index (χ4n) is 1.80. The zero-order chi connectivity index (χ0) is 16.5. The summed E-state index contributed by atoms with van der Waals surface area (Å²) in [5.74, 6) is 0. The average Bonchev–Trinajstić information content (AvgIpc) is 2.25. The average molecular weight is 368 g/mol. The fourth-order valence-corrected chi connectivity index (χ4v) is 6.80. The van der Waals surface area contributed by atoms with Gasteiger partial charge in [0.1, 0.15) is 0 Å². The Bertz CT molecular complexity index is 731. The van der Waals surface area contributed by atoms with E-state index >= 15 is 0 Å².